The SMILES string of the molecule is CC(C)(C)OC(=O)NC(CO)(CCOC1CCCCO1)C(=O)O. The first-order valence-electron chi connectivity index (χ1n) is 7.77. The lowest BCUT2D eigenvalue weighted by Gasteiger charge is -2.31. The van der Waals surface area contributed by atoms with Crippen LogP contribution in [-0.4, -0.2) is 59.5 Å². The summed E-state index contributed by atoms with van der Waals surface area (Å²) in [5.41, 5.74) is -2.62. The van der Waals surface area contributed by atoms with E-state index in [1.807, 2.05) is 0 Å². The van der Waals surface area contributed by atoms with E-state index in [1.165, 1.54) is 0 Å². The molecule has 0 aromatic rings. The summed E-state index contributed by atoms with van der Waals surface area (Å²) in [7, 11) is 0. The van der Waals surface area contributed by atoms with Gasteiger partial charge in [-0.05, 0) is 40.0 Å². The minimum Gasteiger partial charge on any atom is -0.479 e. The second-order valence-corrected chi connectivity index (χ2v) is 6.59. The van der Waals surface area contributed by atoms with Crippen LogP contribution in [0.15, 0.2) is 0 Å². The standard InChI is InChI=1S/C15H27NO7/c1-14(2,3)23-13(20)16-15(10-17,12(18)19)7-9-22-11-6-4-5-8-21-11/h11,17H,4-10H2,1-3H3,(H,16,20)(H,18,19). The minimum atomic E-state index is -1.85. The maximum Gasteiger partial charge on any atom is 0.408 e. The molecule has 2 atom stereocenters. The average molecular weight is 333 g/mol. The van der Waals surface area contributed by atoms with Gasteiger partial charge in [-0.2, -0.15) is 0 Å². The molecule has 3 N–H and O–H groups in total. The molecule has 0 aromatic heterocycles. The number of carbonyl (C=O) groups is 2. The number of rotatable bonds is 7. The molecule has 1 heterocycles. The highest BCUT2D eigenvalue weighted by atomic mass is 16.7. The summed E-state index contributed by atoms with van der Waals surface area (Å²) < 4.78 is 15.9. The lowest BCUT2D eigenvalue weighted by atomic mass is 9.97. The molecule has 1 amide bonds. The Kier molecular flexibility index (Phi) is 7.24. The predicted molar refractivity (Wildman–Crippen MR) is 81.0 cm³/mol. The van der Waals surface area contributed by atoms with E-state index >= 15 is 0 Å². The van der Waals surface area contributed by atoms with E-state index in [0.29, 0.717) is 6.61 Å². The molecule has 0 saturated carbocycles. The molecule has 0 aliphatic carbocycles. The van der Waals surface area contributed by atoms with Crippen molar-refractivity contribution < 1.29 is 34.0 Å². The summed E-state index contributed by atoms with van der Waals surface area (Å²) in [5.74, 6) is -1.35. The van der Waals surface area contributed by atoms with Crippen molar-refractivity contribution in [3.05, 3.63) is 0 Å². The summed E-state index contributed by atoms with van der Waals surface area (Å²) in [6.07, 6.45) is 1.36. The number of nitrogens with one attached hydrogen (secondary N) is 1. The average Bonchev–Trinajstić information content (AvgIpc) is 2.45. The first-order chi connectivity index (χ1) is 10.7. The van der Waals surface area contributed by atoms with Crippen LogP contribution >= 0.6 is 0 Å². The van der Waals surface area contributed by atoms with Crippen molar-refractivity contribution in [1.29, 1.82) is 0 Å². The minimum absolute atomic E-state index is 0.0350. The van der Waals surface area contributed by atoms with Crippen molar-refractivity contribution in [2.75, 3.05) is 19.8 Å². The number of alkyl carbamates (subject to hydrolysis) is 1. The van der Waals surface area contributed by atoms with E-state index in [4.69, 9.17) is 14.2 Å². The molecule has 0 bridgehead atoms. The van der Waals surface area contributed by atoms with Gasteiger partial charge >= 0.3 is 12.1 Å². The molecule has 0 aromatic carbocycles. The molecule has 1 aliphatic rings. The third kappa shape index (κ3) is 6.72. The highest BCUT2D eigenvalue weighted by Gasteiger charge is 2.41. The van der Waals surface area contributed by atoms with Gasteiger partial charge in [-0.3, -0.25) is 0 Å². The van der Waals surface area contributed by atoms with Crippen molar-refractivity contribution in [1.82, 2.24) is 5.32 Å². The predicted octanol–water partition coefficient (Wildman–Crippen LogP) is 1.26. The van der Waals surface area contributed by atoms with Crippen molar-refractivity contribution >= 4 is 12.1 Å². The molecule has 134 valence electrons. The van der Waals surface area contributed by atoms with Gasteiger partial charge in [0.15, 0.2) is 11.8 Å². The maximum atomic E-state index is 11.8. The normalized spacial score (nSPS) is 21.3. The van der Waals surface area contributed by atoms with Crippen LogP contribution in [0.25, 0.3) is 0 Å². The Morgan fingerprint density at radius 2 is 2.00 bits per heavy atom. The monoisotopic (exact) mass is 333 g/mol. The van der Waals surface area contributed by atoms with Crippen molar-refractivity contribution in [3.63, 3.8) is 0 Å². The van der Waals surface area contributed by atoms with Gasteiger partial charge in [-0.15, -0.1) is 0 Å². The van der Waals surface area contributed by atoms with Crippen LogP contribution in [0.2, 0.25) is 0 Å². The Morgan fingerprint density at radius 1 is 1.30 bits per heavy atom. The first kappa shape index (κ1) is 19.7. The molecular weight excluding hydrogens is 306 g/mol. The molecule has 0 radical (unpaired) electrons. The van der Waals surface area contributed by atoms with Gasteiger partial charge in [0.25, 0.3) is 0 Å². The first-order valence-corrected chi connectivity index (χ1v) is 7.77. The van der Waals surface area contributed by atoms with Gasteiger partial charge in [-0.25, -0.2) is 9.59 Å². The van der Waals surface area contributed by atoms with Crippen LogP contribution in [-0.2, 0) is 19.0 Å². The Hall–Kier alpha value is -1.38. The molecule has 2 unspecified atom stereocenters. The topological polar surface area (TPSA) is 114 Å². The van der Waals surface area contributed by atoms with Crippen LogP contribution in [0.3, 0.4) is 0 Å². The van der Waals surface area contributed by atoms with E-state index in [2.05, 4.69) is 5.32 Å². The Balaban J connectivity index is 2.58. The number of hydrogen-bond donors (Lipinski definition) is 3. The zero-order chi connectivity index (χ0) is 17.5. The highest BCUT2D eigenvalue weighted by molar-refractivity contribution is 5.84. The van der Waals surface area contributed by atoms with Crippen molar-refractivity contribution in [2.24, 2.45) is 0 Å². The van der Waals surface area contributed by atoms with E-state index in [0.717, 1.165) is 19.3 Å². The molecular formula is C15H27NO7. The number of aliphatic hydroxyl groups is 1. The van der Waals surface area contributed by atoms with E-state index in [9.17, 15) is 19.8 Å². The Bertz CT molecular complexity index is 401. The zero-order valence-electron chi connectivity index (χ0n) is 14.0. The molecule has 1 fully saturated rings. The number of aliphatic carboxylic acids is 1. The van der Waals surface area contributed by atoms with Gasteiger partial charge in [0.1, 0.15) is 5.60 Å². The van der Waals surface area contributed by atoms with E-state index in [-0.39, 0.29) is 19.3 Å². The van der Waals surface area contributed by atoms with Gasteiger partial charge in [-0.1, -0.05) is 0 Å². The van der Waals surface area contributed by atoms with Crippen LogP contribution in [0.4, 0.5) is 4.79 Å². The molecule has 0 spiro atoms. The summed E-state index contributed by atoms with van der Waals surface area (Å²) in [4.78, 5) is 23.3. The van der Waals surface area contributed by atoms with Crippen LogP contribution in [0.1, 0.15) is 46.5 Å². The number of carboxylic acid groups (broad SMARTS) is 1. The molecule has 8 nitrogen and oxygen atoms in total. The number of ether oxygens (including phenoxy) is 3. The van der Waals surface area contributed by atoms with Crippen LogP contribution in [0, 0.1) is 0 Å². The van der Waals surface area contributed by atoms with Gasteiger partial charge in [0, 0.05) is 13.0 Å². The molecule has 1 rings (SSSR count). The van der Waals surface area contributed by atoms with Crippen LogP contribution in [0.5, 0.6) is 0 Å². The highest BCUT2D eigenvalue weighted by Crippen LogP contribution is 2.17. The maximum absolute atomic E-state index is 11.8. The number of amides is 1. The summed E-state index contributed by atoms with van der Waals surface area (Å²) in [5, 5.41) is 21.1. The quantitative estimate of drug-likeness (QED) is 0.642. The fraction of sp³-hybridized carbons (Fsp3) is 0.867. The van der Waals surface area contributed by atoms with E-state index in [1.54, 1.807) is 20.8 Å². The largest absolute Gasteiger partial charge is 0.479 e. The summed E-state index contributed by atoms with van der Waals surface area (Å²) in [6, 6.07) is 0. The van der Waals surface area contributed by atoms with Gasteiger partial charge in [0.05, 0.1) is 13.2 Å². The Morgan fingerprint density at radius 3 is 2.48 bits per heavy atom. The number of carboxylic acids is 1. The zero-order valence-corrected chi connectivity index (χ0v) is 14.0. The van der Waals surface area contributed by atoms with Crippen LogP contribution < -0.4 is 5.32 Å². The second kappa shape index (κ2) is 8.47. The fourth-order valence-corrected chi connectivity index (χ4v) is 2.12. The molecule has 1 aliphatic heterocycles. The third-order valence-corrected chi connectivity index (χ3v) is 3.39. The Labute approximate surface area is 136 Å². The van der Waals surface area contributed by atoms with Crippen molar-refractivity contribution in [3.8, 4) is 0 Å². The lowest BCUT2D eigenvalue weighted by molar-refractivity contribution is -0.169. The van der Waals surface area contributed by atoms with Gasteiger partial charge < -0.3 is 29.7 Å². The summed E-state index contributed by atoms with van der Waals surface area (Å²) >= 11 is 0. The fourth-order valence-electron chi connectivity index (χ4n) is 2.12. The lowest BCUT2D eigenvalue weighted by Crippen LogP contribution is -2.58. The van der Waals surface area contributed by atoms with Crippen molar-refractivity contribution in [2.45, 2.75) is 63.9 Å². The van der Waals surface area contributed by atoms with Gasteiger partial charge in [0.2, 0.25) is 0 Å². The van der Waals surface area contributed by atoms with E-state index < -0.39 is 29.8 Å². The second-order valence-electron chi connectivity index (χ2n) is 6.59. The summed E-state index contributed by atoms with van der Waals surface area (Å²) in [6.45, 7) is 4.88. The number of carbonyl (C=O) groups excluding carboxylic acids is 1. The molecule has 8 heteroatoms. The number of aliphatic hydroxyl groups excluding tert-OH is 1. The number of hydrogen-bond acceptors (Lipinski definition) is 6. The molecule has 23 heavy (non-hydrogen) atoms. The third-order valence-electron chi connectivity index (χ3n) is 3.39. The smallest absolute Gasteiger partial charge is 0.408 e. The molecule has 1 saturated heterocycles.